The molecule has 1 N–H and O–H groups in total. The highest BCUT2D eigenvalue weighted by molar-refractivity contribution is 9.10. The minimum Gasteiger partial charge on any atom is -0.356 e. The van der Waals surface area contributed by atoms with E-state index < -0.39 is 0 Å². The number of nitrogens with zero attached hydrogens (tertiary/aromatic N) is 2. The molecule has 1 saturated heterocycles. The Bertz CT molecular complexity index is 315. The molecule has 15 heavy (non-hydrogen) atoms. The van der Waals surface area contributed by atoms with Crippen LogP contribution in [0.5, 0.6) is 0 Å². The standard InChI is InChI=1S/C11H18BrN3/c1-9(10-7-11(12)13-8-10)15-5-3-14(2)4-6-15/h7-9,13H,3-6H2,1-2H3. The van der Waals surface area contributed by atoms with Gasteiger partial charge in [-0.1, -0.05) is 0 Å². The van der Waals surface area contributed by atoms with Gasteiger partial charge in [-0.25, -0.2) is 0 Å². The average Bonchev–Trinajstić information content (AvgIpc) is 2.65. The second-order valence-electron chi connectivity index (χ2n) is 4.30. The van der Waals surface area contributed by atoms with Crippen molar-refractivity contribution in [3.8, 4) is 0 Å². The van der Waals surface area contributed by atoms with Crippen LogP contribution in [0.4, 0.5) is 0 Å². The molecule has 1 aliphatic rings. The maximum absolute atomic E-state index is 3.45. The van der Waals surface area contributed by atoms with Crippen LogP contribution in [0.15, 0.2) is 16.9 Å². The normalized spacial score (nSPS) is 21.8. The van der Waals surface area contributed by atoms with Crippen molar-refractivity contribution in [2.24, 2.45) is 0 Å². The van der Waals surface area contributed by atoms with Crippen molar-refractivity contribution in [1.82, 2.24) is 14.8 Å². The van der Waals surface area contributed by atoms with E-state index in [1.54, 1.807) is 0 Å². The van der Waals surface area contributed by atoms with Gasteiger partial charge in [0.2, 0.25) is 0 Å². The maximum atomic E-state index is 3.45. The van der Waals surface area contributed by atoms with Gasteiger partial charge in [-0.3, -0.25) is 4.90 Å². The zero-order valence-corrected chi connectivity index (χ0v) is 10.9. The van der Waals surface area contributed by atoms with Crippen LogP contribution in [-0.2, 0) is 0 Å². The van der Waals surface area contributed by atoms with Crippen LogP contribution in [0.1, 0.15) is 18.5 Å². The lowest BCUT2D eigenvalue weighted by Crippen LogP contribution is -2.45. The molecule has 1 atom stereocenters. The summed E-state index contributed by atoms with van der Waals surface area (Å²) in [5.41, 5.74) is 1.37. The summed E-state index contributed by atoms with van der Waals surface area (Å²) in [7, 11) is 2.19. The van der Waals surface area contributed by atoms with Crippen LogP contribution < -0.4 is 0 Å². The zero-order chi connectivity index (χ0) is 10.8. The molecule has 2 heterocycles. The number of aromatic nitrogens is 1. The summed E-state index contributed by atoms with van der Waals surface area (Å²) in [5, 5.41) is 0. The Morgan fingerprint density at radius 3 is 2.53 bits per heavy atom. The first-order valence-corrected chi connectivity index (χ1v) is 6.22. The lowest BCUT2D eigenvalue weighted by atomic mass is 10.1. The van der Waals surface area contributed by atoms with Gasteiger partial charge < -0.3 is 9.88 Å². The highest BCUT2D eigenvalue weighted by atomic mass is 79.9. The number of piperazine rings is 1. The van der Waals surface area contributed by atoms with Crippen molar-refractivity contribution in [1.29, 1.82) is 0 Å². The van der Waals surface area contributed by atoms with E-state index in [4.69, 9.17) is 0 Å². The third kappa shape index (κ3) is 2.62. The highest BCUT2D eigenvalue weighted by Gasteiger charge is 2.20. The molecule has 2 rings (SSSR count). The van der Waals surface area contributed by atoms with E-state index >= 15 is 0 Å². The van der Waals surface area contributed by atoms with Crippen LogP contribution in [0.25, 0.3) is 0 Å². The number of halogens is 1. The van der Waals surface area contributed by atoms with Gasteiger partial charge in [0.05, 0.1) is 4.60 Å². The Balaban J connectivity index is 1.99. The van der Waals surface area contributed by atoms with Crippen molar-refractivity contribution in [3.05, 3.63) is 22.4 Å². The molecule has 1 unspecified atom stereocenters. The molecule has 3 nitrogen and oxygen atoms in total. The molecule has 0 aliphatic carbocycles. The first kappa shape index (κ1) is 11.2. The fourth-order valence-electron chi connectivity index (χ4n) is 2.04. The number of nitrogens with one attached hydrogen (secondary N) is 1. The summed E-state index contributed by atoms with van der Waals surface area (Å²) in [4.78, 5) is 8.10. The summed E-state index contributed by atoms with van der Waals surface area (Å²) in [6.45, 7) is 6.97. The molecule has 1 aromatic heterocycles. The minimum absolute atomic E-state index is 0.515. The van der Waals surface area contributed by atoms with Crippen LogP contribution in [0.2, 0.25) is 0 Å². The van der Waals surface area contributed by atoms with Gasteiger partial charge in [0.1, 0.15) is 0 Å². The van der Waals surface area contributed by atoms with Crippen molar-refractivity contribution in [2.75, 3.05) is 33.2 Å². The molecule has 0 radical (unpaired) electrons. The molecule has 1 aliphatic heterocycles. The Hall–Kier alpha value is -0.320. The molecule has 0 spiro atoms. The largest absolute Gasteiger partial charge is 0.356 e. The van der Waals surface area contributed by atoms with E-state index in [-0.39, 0.29) is 0 Å². The number of hydrogen-bond donors (Lipinski definition) is 1. The van der Waals surface area contributed by atoms with Gasteiger partial charge in [-0.15, -0.1) is 0 Å². The maximum Gasteiger partial charge on any atom is 0.0823 e. The number of hydrogen-bond acceptors (Lipinski definition) is 2. The van der Waals surface area contributed by atoms with Gasteiger partial charge >= 0.3 is 0 Å². The third-order valence-electron chi connectivity index (χ3n) is 3.24. The Morgan fingerprint density at radius 1 is 1.33 bits per heavy atom. The lowest BCUT2D eigenvalue weighted by molar-refractivity contribution is 0.119. The van der Waals surface area contributed by atoms with Crippen molar-refractivity contribution >= 4 is 15.9 Å². The van der Waals surface area contributed by atoms with E-state index in [1.165, 1.54) is 31.7 Å². The first-order valence-electron chi connectivity index (χ1n) is 5.43. The molecule has 0 bridgehead atoms. The first-order chi connectivity index (χ1) is 7.16. The van der Waals surface area contributed by atoms with Crippen molar-refractivity contribution in [3.63, 3.8) is 0 Å². The summed E-state index contributed by atoms with van der Waals surface area (Å²) in [6.07, 6.45) is 2.09. The van der Waals surface area contributed by atoms with Crippen LogP contribution >= 0.6 is 15.9 Å². The molecule has 84 valence electrons. The van der Waals surface area contributed by atoms with Gasteiger partial charge in [0, 0.05) is 38.4 Å². The van der Waals surface area contributed by atoms with Gasteiger partial charge in [-0.2, -0.15) is 0 Å². The fraction of sp³-hybridized carbons (Fsp3) is 0.636. The van der Waals surface area contributed by atoms with Gasteiger partial charge in [0.25, 0.3) is 0 Å². The Labute approximate surface area is 99.6 Å². The number of H-pyrrole nitrogens is 1. The van der Waals surface area contributed by atoms with E-state index in [9.17, 15) is 0 Å². The van der Waals surface area contributed by atoms with Gasteiger partial charge in [0.15, 0.2) is 0 Å². The topological polar surface area (TPSA) is 22.3 Å². The minimum atomic E-state index is 0.515. The van der Waals surface area contributed by atoms with Crippen molar-refractivity contribution < 1.29 is 0 Å². The average molecular weight is 272 g/mol. The Kier molecular flexibility index (Phi) is 3.49. The number of rotatable bonds is 2. The number of aromatic amines is 1. The van der Waals surface area contributed by atoms with Crippen LogP contribution in [-0.4, -0.2) is 48.0 Å². The van der Waals surface area contributed by atoms with E-state index in [2.05, 4.69) is 56.9 Å². The quantitative estimate of drug-likeness (QED) is 0.890. The SMILES string of the molecule is CC(c1c[nH]c(Br)c1)N1CCN(C)CC1. The van der Waals surface area contributed by atoms with Gasteiger partial charge in [-0.05, 0) is 41.5 Å². The third-order valence-corrected chi connectivity index (χ3v) is 3.70. The lowest BCUT2D eigenvalue weighted by Gasteiger charge is -2.36. The second kappa shape index (κ2) is 4.68. The van der Waals surface area contributed by atoms with E-state index in [0.717, 1.165) is 4.60 Å². The Morgan fingerprint density at radius 2 is 2.00 bits per heavy atom. The summed E-state index contributed by atoms with van der Waals surface area (Å²) in [5.74, 6) is 0. The smallest absolute Gasteiger partial charge is 0.0823 e. The van der Waals surface area contributed by atoms with Crippen LogP contribution in [0.3, 0.4) is 0 Å². The molecule has 1 fully saturated rings. The summed E-state index contributed by atoms with van der Waals surface area (Å²) in [6, 6.07) is 2.68. The van der Waals surface area contributed by atoms with Crippen molar-refractivity contribution in [2.45, 2.75) is 13.0 Å². The molecule has 0 amide bonds. The molecular formula is C11H18BrN3. The predicted molar refractivity (Wildman–Crippen MR) is 66.0 cm³/mol. The van der Waals surface area contributed by atoms with Crippen LogP contribution in [0, 0.1) is 0 Å². The monoisotopic (exact) mass is 271 g/mol. The van der Waals surface area contributed by atoms with E-state index in [0.29, 0.717) is 6.04 Å². The molecule has 4 heteroatoms. The number of likely N-dealkylation sites (N-methyl/N-ethyl adjacent to an activating group) is 1. The molecule has 1 aromatic rings. The summed E-state index contributed by atoms with van der Waals surface area (Å²) < 4.78 is 1.07. The molecule has 0 saturated carbocycles. The summed E-state index contributed by atoms with van der Waals surface area (Å²) >= 11 is 3.45. The second-order valence-corrected chi connectivity index (χ2v) is 5.15. The highest BCUT2D eigenvalue weighted by Crippen LogP contribution is 2.23. The van der Waals surface area contributed by atoms with E-state index in [1.807, 2.05) is 0 Å². The predicted octanol–water partition coefficient (Wildman–Crippen LogP) is 2.09. The zero-order valence-electron chi connectivity index (χ0n) is 9.33. The molecular weight excluding hydrogens is 254 g/mol. The molecule has 0 aromatic carbocycles. The fourth-order valence-corrected chi connectivity index (χ4v) is 2.42.